The maximum atomic E-state index is 14.0. The number of likely N-dealkylation sites (tertiary alicyclic amines) is 1. The van der Waals surface area contributed by atoms with Crippen LogP contribution in [-0.4, -0.2) is 73.0 Å². The Labute approximate surface area is 286 Å². The summed E-state index contributed by atoms with van der Waals surface area (Å²) in [5.41, 5.74) is 0.436. The Hall–Kier alpha value is -3.27. The van der Waals surface area contributed by atoms with Crippen LogP contribution in [0.15, 0.2) is 71.2 Å². The summed E-state index contributed by atoms with van der Waals surface area (Å²) in [6.45, 7) is 5.12. The molecule has 8 nitrogen and oxygen atoms in total. The van der Waals surface area contributed by atoms with Crippen LogP contribution in [0.25, 0.3) is 10.8 Å². The zero-order valence-electron chi connectivity index (χ0n) is 27.2. The SMILES string of the molecule is O=C(NC1(C(=O)N[C@H](Cc2ccccc2)C(=O)NCCC2CCN(C[C@@H]3CCCN3)CC2)CCCC1)c1ccc2cc(Br)ccc2c1. The molecular weight excluding hydrogens is 654 g/mol. The molecule has 0 spiro atoms. The molecule has 1 saturated carbocycles. The number of amides is 3. The summed E-state index contributed by atoms with van der Waals surface area (Å²) < 4.78 is 0.978. The first-order valence-corrected chi connectivity index (χ1v) is 18.3. The van der Waals surface area contributed by atoms with Crippen LogP contribution < -0.4 is 21.3 Å². The predicted molar refractivity (Wildman–Crippen MR) is 190 cm³/mol. The summed E-state index contributed by atoms with van der Waals surface area (Å²) in [5, 5.41) is 14.9. The lowest BCUT2D eigenvalue weighted by molar-refractivity contribution is -0.132. The van der Waals surface area contributed by atoms with E-state index in [4.69, 9.17) is 0 Å². The fourth-order valence-electron chi connectivity index (χ4n) is 7.59. The van der Waals surface area contributed by atoms with E-state index in [9.17, 15) is 14.4 Å². The molecule has 4 N–H and O–H groups in total. The smallest absolute Gasteiger partial charge is 0.252 e. The number of fused-ring (bicyclic) bond motifs is 1. The van der Waals surface area contributed by atoms with E-state index < -0.39 is 11.6 Å². The van der Waals surface area contributed by atoms with Gasteiger partial charge in [-0.2, -0.15) is 0 Å². The Kier molecular flexibility index (Phi) is 11.3. The molecule has 6 rings (SSSR count). The molecule has 0 aromatic heterocycles. The van der Waals surface area contributed by atoms with Crippen molar-refractivity contribution in [2.45, 2.75) is 81.8 Å². The molecule has 3 aromatic rings. The van der Waals surface area contributed by atoms with Crippen LogP contribution in [0.4, 0.5) is 0 Å². The third-order valence-corrected chi connectivity index (χ3v) is 10.9. The van der Waals surface area contributed by atoms with Crippen molar-refractivity contribution in [3.63, 3.8) is 0 Å². The maximum absolute atomic E-state index is 14.0. The van der Waals surface area contributed by atoms with Crippen molar-refractivity contribution in [1.82, 2.24) is 26.2 Å². The van der Waals surface area contributed by atoms with Gasteiger partial charge in [0.1, 0.15) is 11.6 Å². The van der Waals surface area contributed by atoms with Crippen LogP contribution in [0, 0.1) is 5.92 Å². The van der Waals surface area contributed by atoms with E-state index in [0.717, 1.165) is 79.1 Å². The van der Waals surface area contributed by atoms with Crippen LogP contribution >= 0.6 is 15.9 Å². The molecule has 2 aliphatic heterocycles. The number of benzene rings is 3. The highest BCUT2D eigenvalue weighted by Crippen LogP contribution is 2.31. The van der Waals surface area contributed by atoms with Gasteiger partial charge in [0.15, 0.2) is 0 Å². The first kappa shape index (κ1) is 33.6. The molecule has 0 bridgehead atoms. The molecule has 1 aliphatic carbocycles. The van der Waals surface area contributed by atoms with Gasteiger partial charge in [-0.1, -0.05) is 71.2 Å². The number of piperidine rings is 1. The molecule has 2 saturated heterocycles. The monoisotopic (exact) mass is 701 g/mol. The minimum Gasteiger partial charge on any atom is -0.354 e. The van der Waals surface area contributed by atoms with Gasteiger partial charge >= 0.3 is 0 Å². The maximum Gasteiger partial charge on any atom is 0.252 e. The van der Waals surface area contributed by atoms with Crippen molar-refractivity contribution >= 4 is 44.4 Å². The molecular formula is C38H48BrN5O3. The van der Waals surface area contributed by atoms with Crippen LogP contribution in [0.3, 0.4) is 0 Å². The van der Waals surface area contributed by atoms with E-state index in [-0.39, 0.29) is 17.7 Å². The second kappa shape index (κ2) is 15.8. The zero-order valence-corrected chi connectivity index (χ0v) is 28.8. The number of rotatable bonds is 12. The molecule has 2 atom stereocenters. The molecule has 3 amide bonds. The average molecular weight is 703 g/mol. The lowest BCUT2D eigenvalue weighted by Gasteiger charge is -2.33. The third-order valence-electron chi connectivity index (χ3n) is 10.4. The third kappa shape index (κ3) is 8.80. The molecule has 0 unspecified atom stereocenters. The highest BCUT2D eigenvalue weighted by molar-refractivity contribution is 9.10. The lowest BCUT2D eigenvalue weighted by atomic mass is 9.93. The number of hydrogen-bond acceptors (Lipinski definition) is 5. The van der Waals surface area contributed by atoms with Gasteiger partial charge in [-0.05, 0) is 111 Å². The lowest BCUT2D eigenvalue weighted by Crippen LogP contribution is -2.61. The number of halogens is 1. The van der Waals surface area contributed by atoms with E-state index in [0.29, 0.717) is 43.3 Å². The van der Waals surface area contributed by atoms with Gasteiger partial charge in [0.25, 0.3) is 5.91 Å². The van der Waals surface area contributed by atoms with E-state index in [1.54, 1.807) is 6.07 Å². The summed E-state index contributed by atoms with van der Waals surface area (Å²) in [7, 11) is 0. The van der Waals surface area contributed by atoms with Crippen LogP contribution in [-0.2, 0) is 16.0 Å². The Morgan fingerprint density at radius 1 is 0.915 bits per heavy atom. The van der Waals surface area contributed by atoms with Gasteiger partial charge in [-0.25, -0.2) is 0 Å². The number of hydrogen-bond donors (Lipinski definition) is 4. The Bertz CT molecular complexity index is 1530. The van der Waals surface area contributed by atoms with Crippen molar-refractivity contribution in [2.75, 3.05) is 32.7 Å². The highest BCUT2D eigenvalue weighted by atomic mass is 79.9. The Morgan fingerprint density at radius 2 is 1.66 bits per heavy atom. The molecule has 3 aliphatic rings. The van der Waals surface area contributed by atoms with Gasteiger partial charge in [-0.15, -0.1) is 0 Å². The highest BCUT2D eigenvalue weighted by Gasteiger charge is 2.44. The fourth-order valence-corrected chi connectivity index (χ4v) is 7.97. The summed E-state index contributed by atoms with van der Waals surface area (Å²) in [5.74, 6) is -0.138. The summed E-state index contributed by atoms with van der Waals surface area (Å²) >= 11 is 3.50. The van der Waals surface area contributed by atoms with Crippen LogP contribution in [0.1, 0.15) is 73.7 Å². The standard InChI is InChI=1S/C38H48BrN5O3/c39-32-13-12-29-24-31(11-10-30(29)25-32)35(45)43-38(17-4-5-18-38)37(47)42-34(23-28-7-2-1-3-8-28)36(46)41-20-14-27-15-21-44(22-16-27)26-33-9-6-19-40-33/h1-3,7-8,10-13,24-25,27,33-34,40H,4-6,9,14-23,26H2,(H,41,46)(H,42,47)(H,43,45)/t33-,34+/m0/s1. The summed E-state index contributed by atoms with van der Waals surface area (Å²) in [4.78, 5) is 43.8. The van der Waals surface area contributed by atoms with Crippen molar-refractivity contribution in [3.8, 4) is 0 Å². The fraction of sp³-hybridized carbons (Fsp3) is 0.500. The van der Waals surface area contributed by atoms with Crippen LogP contribution in [0.2, 0.25) is 0 Å². The van der Waals surface area contributed by atoms with E-state index >= 15 is 0 Å². The van der Waals surface area contributed by atoms with E-state index in [1.165, 1.54) is 12.8 Å². The topological polar surface area (TPSA) is 103 Å². The first-order valence-electron chi connectivity index (χ1n) is 17.5. The number of carbonyl (C=O) groups is 3. The van der Waals surface area contributed by atoms with Gasteiger partial charge in [0.05, 0.1) is 0 Å². The normalized spacial score (nSPS) is 20.6. The summed E-state index contributed by atoms with van der Waals surface area (Å²) in [6, 6.07) is 21.2. The quantitative estimate of drug-likeness (QED) is 0.204. The Balaban J connectivity index is 1.07. The molecule has 2 heterocycles. The van der Waals surface area contributed by atoms with Crippen molar-refractivity contribution in [2.24, 2.45) is 5.92 Å². The molecule has 3 fully saturated rings. The zero-order chi connectivity index (χ0) is 32.6. The minimum atomic E-state index is -1.05. The van der Waals surface area contributed by atoms with Gasteiger partial charge < -0.3 is 26.2 Å². The molecule has 3 aromatic carbocycles. The van der Waals surface area contributed by atoms with Gasteiger partial charge in [0, 0.05) is 35.6 Å². The second-order valence-corrected chi connectivity index (χ2v) is 14.7. The Morgan fingerprint density at radius 3 is 2.40 bits per heavy atom. The molecule has 0 radical (unpaired) electrons. The minimum absolute atomic E-state index is 0.174. The number of nitrogens with zero attached hydrogens (tertiary/aromatic N) is 1. The molecule has 9 heteroatoms. The van der Waals surface area contributed by atoms with E-state index in [1.807, 2.05) is 60.7 Å². The number of nitrogens with one attached hydrogen (secondary N) is 4. The van der Waals surface area contributed by atoms with Crippen molar-refractivity contribution < 1.29 is 14.4 Å². The van der Waals surface area contributed by atoms with Crippen LogP contribution in [0.5, 0.6) is 0 Å². The van der Waals surface area contributed by atoms with Crippen molar-refractivity contribution in [1.29, 1.82) is 0 Å². The van der Waals surface area contributed by atoms with Gasteiger partial charge in [-0.3, -0.25) is 14.4 Å². The van der Waals surface area contributed by atoms with Gasteiger partial charge in [0.2, 0.25) is 11.8 Å². The number of carbonyl (C=O) groups excluding carboxylic acids is 3. The predicted octanol–water partition coefficient (Wildman–Crippen LogP) is 5.34. The molecule has 250 valence electrons. The first-order chi connectivity index (χ1) is 22.9. The van der Waals surface area contributed by atoms with E-state index in [2.05, 4.69) is 42.1 Å². The second-order valence-electron chi connectivity index (χ2n) is 13.8. The summed E-state index contributed by atoms with van der Waals surface area (Å²) in [6.07, 6.45) is 8.96. The molecule has 47 heavy (non-hydrogen) atoms. The average Bonchev–Trinajstić information content (AvgIpc) is 3.78. The van der Waals surface area contributed by atoms with Crippen molar-refractivity contribution in [3.05, 3.63) is 82.3 Å². The largest absolute Gasteiger partial charge is 0.354 e.